The van der Waals surface area contributed by atoms with E-state index in [1.54, 1.807) is 12.1 Å². The maximum atomic E-state index is 14.1. The topological polar surface area (TPSA) is 79.7 Å². The molecule has 1 saturated heterocycles. The molecule has 4 rings (SSSR count). The van der Waals surface area contributed by atoms with E-state index in [1.807, 2.05) is 11.4 Å². The lowest BCUT2D eigenvalue weighted by molar-refractivity contribution is -0.158. The number of halogens is 4. The number of fused-ring (bicyclic) bond motifs is 1. The van der Waals surface area contributed by atoms with Crippen molar-refractivity contribution in [2.75, 3.05) is 44.7 Å². The summed E-state index contributed by atoms with van der Waals surface area (Å²) in [6.45, 7) is 6.59. The zero-order valence-corrected chi connectivity index (χ0v) is 22.0. The minimum Gasteiger partial charge on any atom is -0.494 e. The number of anilines is 1. The molecular formula is C27H31F4N5O3. The lowest BCUT2D eigenvalue weighted by Gasteiger charge is -2.24. The Balaban J connectivity index is 1.79. The first-order valence-corrected chi connectivity index (χ1v) is 12.7. The van der Waals surface area contributed by atoms with Gasteiger partial charge in [-0.05, 0) is 62.8 Å². The number of methoxy groups -OCH3 is 1. The SMILES string of the molecule is CCN1CCCN(c2ccc3nc(-c4ccc(F)c(OC)c4)n(CC(=O)NC(C)C(F)(F)F)c(=O)c3c2)CC1. The highest BCUT2D eigenvalue weighted by molar-refractivity contribution is 5.85. The van der Waals surface area contributed by atoms with Crippen LogP contribution in [-0.4, -0.2) is 72.4 Å². The van der Waals surface area contributed by atoms with Crippen molar-refractivity contribution in [1.82, 2.24) is 19.8 Å². The van der Waals surface area contributed by atoms with E-state index in [0.717, 1.165) is 62.4 Å². The molecule has 1 amide bonds. The largest absolute Gasteiger partial charge is 0.494 e. The number of hydrogen-bond acceptors (Lipinski definition) is 6. The summed E-state index contributed by atoms with van der Waals surface area (Å²) in [5, 5.41) is 2.11. The van der Waals surface area contributed by atoms with E-state index in [1.165, 1.54) is 19.2 Å². The molecule has 1 atom stereocenters. The van der Waals surface area contributed by atoms with E-state index >= 15 is 0 Å². The third kappa shape index (κ3) is 6.32. The summed E-state index contributed by atoms with van der Waals surface area (Å²) in [5.41, 5.74) is 0.824. The first-order valence-electron chi connectivity index (χ1n) is 12.7. The summed E-state index contributed by atoms with van der Waals surface area (Å²) < 4.78 is 59.3. The van der Waals surface area contributed by atoms with Gasteiger partial charge in [0.25, 0.3) is 5.56 Å². The Bertz CT molecular complexity index is 1410. The first kappa shape index (κ1) is 28.3. The van der Waals surface area contributed by atoms with Gasteiger partial charge in [0.15, 0.2) is 11.6 Å². The van der Waals surface area contributed by atoms with E-state index < -0.39 is 36.0 Å². The highest BCUT2D eigenvalue weighted by atomic mass is 19.4. The van der Waals surface area contributed by atoms with Crippen LogP contribution in [0.3, 0.4) is 0 Å². The van der Waals surface area contributed by atoms with Crippen LogP contribution >= 0.6 is 0 Å². The molecule has 0 spiro atoms. The van der Waals surface area contributed by atoms with Crippen LogP contribution in [0.5, 0.6) is 5.75 Å². The van der Waals surface area contributed by atoms with Gasteiger partial charge in [-0.1, -0.05) is 6.92 Å². The number of alkyl halides is 3. The van der Waals surface area contributed by atoms with Gasteiger partial charge in [-0.15, -0.1) is 0 Å². The Kier molecular flexibility index (Phi) is 8.43. The predicted molar refractivity (Wildman–Crippen MR) is 141 cm³/mol. The number of aromatic nitrogens is 2. The fourth-order valence-electron chi connectivity index (χ4n) is 4.63. The highest BCUT2D eigenvalue weighted by Crippen LogP contribution is 2.27. The summed E-state index contributed by atoms with van der Waals surface area (Å²) in [5.74, 6) is -1.76. The Morgan fingerprint density at radius 1 is 1.13 bits per heavy atom. The maximum Gasteiger partial charge on any atom is 0.408 e. The molecule has 0 bridgehead atoms. The quantitative estimate of drug-likeness (QED) is 0.452. The summed E-state index contributed by atoms with van der Waals surface area (Å²) in [6, 6.07) is 6.98. The van der Waals surface area contributed by atoms with Crippen LogP contribution in [0.2, 0.25) is 0 Å². The molecule has 2 heterocycles. The Morgan fingerprint density at radius 2 is 1.90 bits per heavy atom. The van der Waals surface area contributed by atoms with Gasteiger partial charge in [0.05, 0.1) is 18.0 Å². The Hall–Kier alpha value is -3.67. The van der Waals surface area contributed by atoms with Crippen LogP contribution in [-0.2, 0) is 11.3 Å². The number of amides is 1. The van der Waals surface area contributed by atoms with Crippen LogP contribution in [0, 0.1) is 5.82 Å². The van der Waals surface area contributed by atoms with Gasteiger partial charge in [-0.2, -0.15) is 13.2 Å². The van der Waals surface area contributed by atoms with Crippen molar-refractivity contribution in [3.8, 4) is 17.1 Å². The molecule has 0 saturated carbocycles. The smallest absolute Gasteiger partial charge is 0.408 e. The average molecular weight is 550 g/mol. The zero-order chi connectivity index (χ0) is 28.3. The predicted octanol–water partition coefficient (Wildman–Crippen LogP) is 3.81. The fourth-order valence-corrected chi connectivity index (χ4v) is 4.63. The van der Waals surface area contributed by atoms with E-state index in [0.29, 0.717) is 5.52 Å². The number of nitrogens with zero attached hydrogens (tertiary/aromatic N) is 4. The first-order chi connectivity index (χ1) is 18.5. The lowest BCUT2D eigenvalue weighted by atomic mass is 10.1. The summed E-state index contributed by atoms with van der Waals surface area (Å²) >= 11 is 0. The number of nitrogens with one attached hydrogen (secondary N) is 1. The van der Waals surface area contributed by atoms with Crippen LogP contribution in [0.15, 0.2) is 41.2 Å². The second kappa shape index (κ2) is 11.6. The van der Waals surface area contributed by atoms with Crippen molar-refractivity contribution in [2.45, 2.75) is 39.0 Å². The molecule has 1 aromatic heterocycles. The van der Waals surface area contributed by atoms with Crippen LogP contribution in [0.4, 0.5) is 23.2 Å². The summed E-state index contributed by atoms with van der Waals surface area (Å²) in [4.78, 5) is 35.5. The minimum atomic E-state index is -4.65. The van der Waals surface area contributed by atoms with Crippen LogP contribution in [0.1, 0.15) is 20.3 Å². The molecule has 210 valence electrons. The minimum absolute atomic E-state index is 0.00159. The summed E-state index contributed by atoms with van der Waals surface area (Å²) in [6.07, 6.45) is -3.69. The Morgan fingerprint density at radius 3 is 2.59 bits per heavy atom. The molecule has 1 N–H and O–H groups in total. The summed E-state index contributed by atoms with van der Waals surface area (Å²) in [7, 11) is 1.28. The van der Waals surface area contributed by atoms with Crippen molar-refractivity contribution in [2.24, 2.45) is 0 Å². The molecule has 3 aromatic rings. The second-order valence-corrected chi connectivity index (χ2v) is 9.48. The van der Waals surface area contributed by atoms with Gasteiger partial charge in [-0.3, -0.25) is 14.2 Å². The zero-order valence-electron chi connectivity index (χ0n) is 22.0. The van der Waals surface area contributed by atoms with Crippen molar-refractivity contribution in [3.63, 3.8) is 0 Å². The number of carbonyl (C=O) groups excluding carboxylic acids is 1. The van der Waals surface area contributed by atoms with Crippen LogP contribution in [0.25, 0.3) is 22.3 Å². The molecular weight excluding hydrogens is 518 g/mol. The molecule has 8 nitrogen and oxygen atoms in total. The number of likely N-dealkylation sites (N-methyl/N-ethyl adjacent to an activating group) is 1. The van der Waals surface area contributed by atoms with E-state index in [4.69, 9.17) is 4.74 Å². The molecule has 39 heavy (non-hydrogen) atoms. The van der Waals surface area contributed by atoms with Gasteiger partial charge in [0.1, 0.15) is 18.4 Å². The number of rotatable bonds is 7. The van der Waals surface area contributed by atoms with E-state index in [-0.39, 0.29) is 22.5 Å². The molecule has 1 unspecified atom stereocenters. The average Bonchev–Trinajstić information content (AvgIpc) is 3.15. The van der Waals surface area contributed by atoms with Crippen molar-refractivity contribution in [3.05, 3.63) is 52.6 Å². The molecule has 12 heteroatoms. The van der Waals surface area contributed by atoms with E-state index in [9.17, 15) is 27.2 Å². The van der Waals surface area contributed by atoms with Gasteiger partial charge < -0.3 is 19.9 Å². The van der Waals surface area contributed by atoms with Gasteiger partial charge >= 0.3 is 6.18 Å². The third-order valence-electron chi connectivity index (χ3n) is 6.92. The molecule has 0 aliphatic carbocycles. The molecule has 1 aliphatic rings. The molecule has 2 aromatic carbocycles. The normalized spacial score (nSPS) is 15.7. The monoisotopic (exact) mass is 549 g/mol. The number of carbonyl (C=O) groups is 1. The van der Waals surface area contributed by atoms with Crippen LogP contribution < -0.4 is 20.5 Å². The molecule has 1 fully saturated rings. The number of hydrogen-bond donors (Lipinski definition) is 1. The Labute approximate surface area is 223 Å². The maximum absolute atomic E-state index is 14.1. The van der Waals surface area contributed by atoms with Crippen molar-refractivity contribution >= 4 is 22.5 Å². The fraction of sp³-hybridized carbons (Fsp3) is 0.444. The van der Waals surface area contributed by atoms with Crippen molar-refractivity contribution < 1.29 is 27.1 Å². The number of benzene rings is 2. The second-order valence-electron chi connectivity index (χ2n) is 9.48. The van der Waals surface area contributed by atoms with Gasteiger partial charge in [0.2, 0.25) is 5.91 Å². The molecule has 0 radical (unpaired) electrons. The molecule has 1 aliphatic heterocycles. The van der Waals surface area contributed by atoms with Gasteiger partial charge in [-0.25, -0.2) is 9.37 Å². The highest BCUT2D eigenvalue weighted by Gasteiger charge is 2.37. The number of ether oxygens (including phenoxy) is 1. The standard InChI is InChI=1S/C27H31F4N5O3/c1-4-34-10-5-11-35(13-12-34)19-7-9-22-20(15-19)26(38)36(16-24(37)32-17(2)27(29,30)31)25(33-22)18-6-8-21(28)23(14-18)39-3/h6-9,14-15,17H,4-5,10-13,16H2,1-3H3,(H,32,37). The van der Waals surface area contributed by atoms with Crippen molar-refractivity contribution in [1.29, 1.82) is 0 Å². The lowest BCUT2D eigenvalue weighted by Crippen LogP contribution is -2.45. The van der Waals surface area contributed by atoms with Gasteiger partial charge in [0, 0.05) is 30.9 Å². The van der Waals surface area contributed by atoms with E-state index in [2.05, 4.69) is 21.7 Å². The third-order valence-corrected chi connectivity index (χ3v) is 6.92.